The van der Waals surface area contributed by atoms with Gasteiger partial charge in [-0.2, -0.15) is 0 Å². The second-order valence-electron chi connectivity index (χ2n) is 3.21. The molecule has 0 N–H and O–H groups in total. The lowest BCUT2D eigenvalue weighted by atomic mass is 10.2. The Hall–Kier alpha value is -1.84. The number of hydrogen-bond acceptors (Lipinski definition) is 4. The third-order valence-electron chi connectivity index (χ3n) is 1.47. The van der Waals surface area contributed by atoms with Crippen LogP contribution in [0.1, 0.15) is 13.8 Å². The molecule has 0 bridgehead atoms. The van der Waals surface area contributed by atoms with E-state index in [9.17, 15) is 9.59 Å². The summed E-state index contributed by atoms with van der Waals surface area (Å²) < 4.78 is 9.37. The molecule has 0 radical (unpaired) electrons. The van der Waals surface area contributed by atoms with E-state index in [0.29, 0.717) is 5.57 Å². The van der Waals surface area contributed by atoms with Crippen LogP contribution in [0, 0.1) is 0 Å². The summed E-state index contributed by atoms with van der Waals surface area (Å²) in [7, 11) is 0. The van der Waals surface area contributed by atoms with Gasteiger partial charge in [-0.05, 0) is 19.4 Å². The van der Waals surface area contributed by atoms with Gasteiger partial charge < -0.3 is 9.47 Å². The van der Waals surface area contributed by atoms with E-state index in [1.54, 1.807) is 19.9 Å². The van der Waals surface area contributed by atoms with Crippen LogP contribution in [0.15, 0.2) is 37.0 Å². The second kappa shape index (κ2) is 7.45. The minimum Gasteiger partial charge on any atom is -0.455 e. The average molecular weight is 224 g/mol. The molecule has 0 aliphatic rings. The van der Waals surface area contributed by atoms with Crippen LogP contribution in [0.2, 0.25) is 0 Å². The van der Waals surface area contributed by atoms with Gasteiger partial charge in [-0.15, -0.1) is 0 Å². The lowest BCUT2D eigenvalue weighted by molar-refractivity contribution is -0.169. The number of rotatable bonds is 5. The third kappa shape index (κ3) is 5.80. The van der Waals surface area contributed by atoms with Gasteiger partial charge in [0.2, 0.25) is 0 Å². The van der Waals surface area contributed by atoms with E-state index in [-0.39, 0.29) is 12.7 Å². The molecule has 16 heavy (non-hydrogen) atoms. The van der Waals surface area contributed by atoms with Crippen molar-refractivity contribution in [2.45, 2.75) is 20.0 Å². The molecule has 0 spiro atoms. The highest BCUT2D eigenvalue weighted by atomic mass is 16.6. The smallest absolute Gasteiger partial charge is 0.417 e. The first kappa shape index (κ1) is 14.2. The molecule has 0 aliphatic heterocycles. The standard InChI is InChI=1S/C12H16O4/c1-5-7-10(6-2)8-15-11(13)12(14)16-9(3)4/h5-7,9H,1-2,8H2,3-4H3/b10-7+. The highest BCUT2D eigenvalue weighted by molar-refractivity contribution is 6.29. The Balaban J connectivity index is 4.16. The molecule has 88 valence electrons. The van der Waals surface area contributed by atoms with E-state index < -0.39 is 11.9 Å². The van der Waals surface area contributed by atoms with Crippen molar-refractivity contribution in [3.63, 3.8) is 0 Å². The quantitative estimate of drug-likeness (QED) is 0.406. The van der Waals surface area contributed by atoms with E-state index in [4.69, 9.17) is 4.74 Å². The first-order valence-corrected chi connectivity index (χ1v) is 4.83. The van der Waals surface area contributed by atoms with Crippen LogP contribution in [0.4, 0.5) is 0 Å². The lowest BCUT2D eigenvalue weighted by Crippen LogP contribution is -2.23. The molecule has 4 heteroatoms. The molecule has 0 amide bonds. The summed E-state index contributed by atoms with van der Waals surface area (Å²) in [6, 6.07) is 0. The molecule has 0 heterocycles. The molecule has 0 fully saturated rings. The third-order valence-corrected chi connectivity index (χ3v) is 1.47. The van der Waals surface area contributed by atoms with Crippen molar-refractivity contribution in [3.8, 4) is 0 Å². The summed E-state index contributed by atoms with van der Waals surface area (Å²) in [6.07, 6.45) is 4.34. The summed E-state index contributed by atoms with van der Waals surface area (Å²) in [6.45, 7) is 10.3. The van der Waals surface area contributed by atoms with Crippen molar-refractivity contribution < 1.29 is 19.1 Å². The van der Waals surface area contributed by atoms with Crippen LogP contribution in [-0.2, 0) is 19.1 Å². The Morgan fingerprint density at radius 2 is 1.88 bits per heavy atom. The number of carbonyl (C=O) groups excluding carboxylic acids is 2. The Labute approximate surface area is 95.2 Å². The maximum atomic E-state index is 11.1. The van der Waals surface area contributed by atoms with Crippen LogP contribution in [0.5, 0.6) is 0 Å². The molecule has 0 saturated carbocycles. The van der Waals surface area contributed by atoms with Crippen molar-refractivity contribution in [1.82, 2.24) is 0 Å². The van der Waals surface area contributed by atoms with Gasteiger partial charge in [0, 0.05) is 0 Å². The molecule has 0 aromatic carbocycles. The van der Waals surface area contributed by atoms with E-state index in [1.807, 2.05) is 0 Å². The molecule has 0 aromatic rings. The molecule has 0 saturated heterocycles. The monoisotopic (exact) mass is 224 g/mol. The van der Waals surface area contributed by atoms with Crippen LogP contribution < -0.4 is 0 Å². The number of ether oxygens (including phenoxy) is 2. The fourth-order valence-electron chi connectivity index (χ4n) is 0.796. The van der Waals surface area contributed by atoms with E-state index in [0.717, 1.165) is 0 Å². The number of esters is 2. The minimum absolute atomic E-state index is 0.0262. The summed E-state index contributed by atoms with van der Waals surface area (Å²) >= 11 is 0. The predicted molar refractivity (Wildman–Crippen MR) is 60.7 cm³/mol. The topological polar surface area (TPSA) is 52.6 Å². The number of hydrogen-bond donors (Lipinski definition) is 0. The van der Waals surface area contributed by atoms with Crippen molar-refractivity contribution in [2.24, 2.45) is 0 Å². The van der Waals surface area contributed by atoms with Crippen molar-refractivity contribution in [3.05, 3.63) is 37.0 Å². The van der Waals surface area contributed by atoms with E-state index in [1.165, 1.54) is 12.2 Å². The Kier molecular flexibility index (Phi) is 6.59. The number of carbonyl (C=O) groups is 2. The van der Waals surface area contributed by atoms with E-state index >= 15 is 0 Å². The first-order chi connectivity index (χ1) is 7.51. The zero-order valence-electron chi connectivity index (χ0n) is 9.56. The molecule has 0 unspecified atom stereocenters. The maximum Gasteiger partial charge on any atom is 0.417 e. The normalized spacial score (nSPS) is 10.8. The van der Waals surface area contributed by atoms with Gasteiger partial charge in [0.15, 0.2) is 0 Å². The minimum atomic E-state index is -1.01. The van der Waals surface area contributed by atoms with Gasteiger partial charge in [0.05, 0.1) is 6.10 Å². The lowest BCUT2D eigenvalue weighted by Gasteiger charge is -2.07. The van der Waals surface area contributed by atoms with Crippen LogP contribution >= 0.6 is 0 Å². The van der Waals surface area contributed by atoms with Gasteiger partial charge in [-0.1, -0.05) is 31.4 Å². The van der Waals surface area contributed by atoms with Crippen molar-refractivity contribution in [1.29, 1.82) is 0 Å². The van der Waals surface area contributed by atoms with Crippen LogP contribution in [0.25, 0.3) is 0 Å². The summed E-state index contributed by atoms with van der Waals surface area (Å²) in [4.78, 5) is 22.2. The van der Waals surface area contributed by atoms with Crippen LogP contribution in [-0.4, -0.2) is 24.6 Å². The second-order valence-corrected chi connectivity index (χ2v) is 3.21. The molecule has 0 rings (SSSR count). The largest absolute Gasteiger partial charge is 0.455 e. The zero-order valence-corrected chi connectivity index (χ0v) is 9.56. The molecular formula is C12H16O4. The zero-order chi connectivity index (χ0) is 12.6. The fourth-order valence-corrected chi connectivity index (χ4v) is 0.796. The predicted octanol–water partition coefficient (Wildman–Crippen LogP) is 1.78. The molecule has 0 aliphatic carbocycles. The summed E-state index contributed by atoms with van der Waals surface area (Å²) in [5.74, 6) is -2.00. The molecule has 0 atom stereocenters. The van der Waals surface area contributed by atoms with Gasteiger partial charge in [-0.3, -0.25) is 0 Å². The molecular weight excluding hydrogens is 208 g/mol. The Bertz CT molecular complexity index is 313. The van der Waals surface area contributed by atoms with Gasteiger partial charge in [0.1, 0.15) is 6.61 Å². The van der Waals surface area contributed by atoms with Gasteiger partial charge >= 0.3 is 11.9 Å². The number of allylic oxidation sites excluding steroid dienone is 2. The maximum absolute atomic E-state index is 11.1. The molecule has 0 aromatic heterocycles. The van der Waals surface area contributed by atoms with Gasteiger partial charge in [-0.25, -0.2) is 9.59 Å². The summed E-state index contributed by atoms with van der Waals surface area (Å²) in [5.41, 5.74) is 0.653. The van der Waals surface area contributed by atoms with Crippen LogP contribution in [0.3, 0.4) is 0 Å². The fraction of sp³-hybridized carbons (Fsp3) is 0.333. The highest BCUT2D eigenvalue weighted by Gasteiger charge is 2.18. The Morgan fingerprint density at radius 3 is 2.31 bits per heavy atom. The van der Waals surface area contributed by atoms with Crippen molar-refractivity contribution in [2.75, 3.05) is 6.61 Å². The SMILES string of the molecule is C=C/C=C(\C=C)COC(=O)C(=O)OC(C)C. The van der Waals surface area contributed by atoms with E-state index in [2.05, 4.69) is 17.9 Å². The highest BCUT2D eigenvalue weighted by Crippen LogP contribution is 1.99. The summed E-state index contributed by atoms with van der Waals surface area (Å²) in [5, 5.41) is 0. The molecule has 4 nitrogen and oxygen atoms in total. The average Bonchev–Trinajstić information content (AvgIpc) is 2.22. The van der Waals surface area contributed by atoms with Gasteiger partial charge in [0.25, 0.3) is 0 Å². The first-order valence-electron chi connectivity index (χ1n) is 4.83. The Morgan fingerprint density at radius 1 is 1.25 bits per heavy atom. The van der Waals surface area contributed by atoms with Crippen molar-refractivity contribution >= 4 is 11.9 Å².